The van der Waals surface area contributed by atoms with Gasteiger partial charge in [0.1, 0.15) is 0 Å². The maximum absolute atomic E-state index is 3.62. The third kappa shape index (κ3) is 3.30. The van der Waals surface area contributed by atoms with Gasteiger partial charge >= 0.3 is 0 Å². The molecule has 1 aromatic carbocycles. The molecule has 1 unspecified atom stereocenters. The molecule has 17 heavy (non-hydrogen) atoms. The van der Waals surface area contributed by atoms with E-state index in [9.17, 15) is 0 Å². The van der Waals surface area contributed by atoms with Gasteiger partial charge in [-0.15, -0.1) is 11.3 Å². The Balaban J connectivity index is 2.35. The summed E-state index contributed by atoms with van der Waals surface area (Å²) >= 11 is 7.74. The van der Waals surface area contributed by atoms with Gasteiger partial charge in [-0.05, 0) is 74.2 Å². The molecule has 1 aromatic heterocycles. The van der Waals surface area contributed by atoms with Gasteiger partial charge in [-0.3, -0.25) is 0 Å². The van der Waals surface area contributed by atoms with E-state index < -0.39 is 0 Å². The minimum Gasteiger partial charge on any atom is -0.306 e. The van der Waals surface area contributed by atoms with E-state index in [4.69, 9.17) is 0 Å². The molecular weight excluding hydrogens is 409 g/mol. The highest BCUT2D eigenvalue weighted by Crippen LogP contribution is 2.33. The van der Waals surface area contributed by atoms with E-state index in [0.29, 0.717) is 0 Å². The smallest absolute Gasteiger partial charge is 0.0682 e. The molecule has 1 heterocycles. The summed E-state index contributed by atoms with van der Waals surface area (Å²) in [4.78, 5) is 1.34. The molecule has 0 aliphatic heterocycles. The fourth-order valence-corrected chi connectivity index (χ4v) is 3.80. The van der Waals surface area contributed by atoms with E-state index in [1.165, 1.54) is 18.5 Å². The van der Waals surface area contributed by atoms with Crippen LogP contribution in [0.5, 0.6) is 0 Å². The Labute approximate surface area is 128 Å². The van der Waals surface area contributed by atoms with E-state index in [1.807, 2.05) is 0 Å². The molecule has 1 nitrogen and oxygen atoms in total. The van der Waals surface area contributed by atoms with Gasteiger partial charge in [-0.1, -0.05) is 19.1 Å². The predicted molar refractivity (Wildman–Crippen MR) is 86.7 cm³/mol. The van der Waals surface area contributed by atoms with Crippen molar-refractivity contribution in [3.8, 4) is 0 Å². The molecule has 1 N–H and O–H groups in total. The Kier molecular flexibility index (Phi) is 5.02. The Bertz CT molecular complexity index is 480. The summed E-state index contributed by atoms with van der Waals surface area (Å²) in [6.45, 7) is 3.10. The summed E-state index contributed by atoms with van der Waals surface area (Å²) < 4.78 is 2.46. The van der Waals surface area contributed by atoms with E-state index in [-0.39, 0.29) is 6.04 Å². The highest BCUT2D eigenvalue weighted by molar-refractivity contribution is 14.1. The lowest BCUT2D eigenvalue weighted by atomic mass is 10.1. The normalized spacial score (nSPS) is 12.6. The highest BCUT2D eigenvalue weighted by atomic mass is 127. The zero-order chi connectivity index (χ0) is 12.3. The second-order valence-electron chi connectivity index (χ2n) is 3.68. The van der Waals surface area contributed by atoms with Crippen molar-refractivity contribution >= 4 is 49.9 Å². The maximum Gasteiger partial charge on any atom is 0.0682 e. The first-order valence-electron chi connectivity index (χ1n) is 5.44. The van der Waals surface area contributed by atoms with Crippen molar-refractivity contribution < 1.29 is 0 Å². The molecule has 1 atom stereocenters. The first-order valence-corrected chi connectivity index (χ1v) is 8.19. The van der Waals surface area contributed by atoms with Crippen molar-refractivity contribution in [2.75, 3.05) is 6.54 Å². The third-order valence-electron chi connectivity index (χ3n) is 2.52. The van der Waals surface area contributed by atoms with Crippen LogP contribution in [0.25, 0.3) is 0 Å². The Morgan fingerprint density at radius 3 is 2.53 bits per heavy atom. The van der Waals surface area contributed by atoms with Gasteiger partial charge in [-0.2, -0.15) is 0 Å². The van der Waals surface area contributed by atoms with Crippen LogP contribution in [0.15, 0.2) is 40.2 Å². The predicted octanol–water partition coefficient (Wildman–Crippen LogP) is 4.81. The van der Waals surface area contributed by atoms with Crippen LogP contribution in [0.3, 0.4) is 0 Å². The molecule has 0 saturated heterocycles. The number of thiophene rings is 1. The molecule has 0 spiro atoms. The lowest BCUT2D eigenvalue weighted by Crippen LogP contribution is -2.21. The number of hydrogen-bond donors (Lipinski definition) is 1. The Morgan fingerprint density at radius 2 is 2.00 bits per heavy atom. The largest absolute Gasteiger partial charge is 0.306 e. The van der Waals surface area contributed by atoms with Crippen molar-refractivity contribution in [3.63, 3.8) is 0 Å². The Morgan fingerprint density at radius 1 is 1.29 bits per heavy atom. The lowest BCUT2D eigenvalue weighted by Gasteiger charge is -2.17. The monoisotopic (exact) mass is 421 g/mol. The number of halogens is 2. The van der Waals surface area contributed by atoms with Crippen LogP contribution < -0.4 is 5.32 Å². The minimum atomic E-state index is 0.284. The van der Waals surface area contributed by atoms with Gasteiger partial charge in [-0.25, -0.2) is 0 Å². The molecule has 0 amide bonds. The molecule has 0 aliphatic carbocycles. The van der Waals surface area contributed by atoms with Crippen LogP contribution in [-0.2, 0) is 0 Å². The third-order valence-corrected chi connectivity index (χ3v) is 5.17. The minimum absolute atomic E-state index is 0.284. The van der Waals surface area contributed by atoms with Crippen molar-refractivity contribution in [1.29, 1.82) is 0 Å². The van der Waals surface area contributed by atoms with Gasteiger partial charge in [0.15, 0.2) is 0 Å². The standard InChI is InChI=1S/C13H13BrINS/c1-2-16-12(13-11(14)7-8-17-13)9-3-5-10(15)6-4-9/h3-8,12,16H,2H2,1H3. The number of hydrogen-bond acceptors (Lipinski definition) is 2. The average molecular weight is 422 g/mol. The van der Waals surface area contributed by atoms with Crippen molar-refractivity contribution in [2.45, 2.75) is 13.0 Å². The number of benzene rings is 1. The summed E-state index contributed by atoms with van der Waals surface area (Å²) in [5, 5.41) is 5.66. The van der Waals surface area contributed by atoms with Gasteiger partial charge in [0.2, 0.25) is 0 Å². The van der Waals surface area contributed by atoms with E-state index >= 15 is 0 Å². The SMILES string of the molecule is CCNC(c1ccc(I)cc1)c1sccc1Br. The van der Waals surface area contributed by atoms with E-state index in [2.05, 4.69) is 86.5 Å². The van der Waals surface area contributed by atoms with Gasteiger partial charge in [0, 0.05) is 12.9 Å². The zero-order valence-electron chi connectivity index (χ0n) is 9.41. The lowest BCUT2D eigenvalue weighted by molar-refractivity contribution is 0.638. The van der Waals surface area contributed by atoms with Crippen molar-refractivity contribution in [2.24, 2.45) is 0 Å². The van der Waals surface area contributed by atoms with Crippen LogP contribution in [0, 0.1) is 3.57 Å². The summed E-state index contributed by atoms with van der Waals surface area (Å²) in [6, 6.07) is 11.1. The van der Waals surface area contributed by atoms with Gasteiger partial charge in [0.05, 0.1) is 6.04 Å². The Hall–Kier alpha value is 0.0900. The molecule has 0 radical (unpaired) electrons. The summed E-state index contributed by atoms with van der Waals surface area (Å²) in [5.74, 6) is 0. The van der Waals surface area contributed by atoms with Gasteiger partial charge in [0.25, 0.3) is 0 Å². The molecule has 2 aromatic rings. The van der Waals surface area contributed by atoms with E-state index in [1.54, 1.807) is 11.3 Å². The topological polar surface area (TPSA) is 12.0 Å². The summed E-state index contributed by atoms with van der Waals surface area (Å²) in [7, 11) is 0. The fourth-order valence-electron chi connectivity index (χ4n) is 1.73. The molecular formula is C13H13BrINS. The number of rotatable bonds is 4. The van der Waals surface area contributed by atoms with Gasteiger partial charge < -0.3 is 5.32 Å². The summed E-state index contributed by atoms with van der Waals surface area (Å²) in [5.41, 5.74) is 1.32. The van der Waals surface area contributed by atoms with E-state index in [0.717, 1.165) is 6.54 Å². The zero-order valence-corrected chi connectivity index (χ0v) is 14.0. The highest BCUT2D eigenvalue weighted by Gasteiger charge is 2.16. The fraction of sp³-hybridized carbons (Fsp3) is 0.231. The number of nitrogens with one attached hydrogen (secondary N) is 1. The van der Waals surface area contributed by atoms with Crippen molar-refractivity contribution in [3.05, 3.63) is 54.2 Å². The van der Waals surface area contributed by atoms with Crippen LogP contribution >= 0.6 is 49.9 Å². The molecule has 0 bridgehead atoms. The maximum atomic E-state index is 3.62. The quantitative estimate of drug-likeness (QED) is 0.698. The molecule has 0 saturated carbocycles. The van der Waals surface area contributed by atoms with Crippen LogP contribution in [0.4, 0.5) is 0 Å². The first-order chi connectivity index (χ1) is 8.22. The average Bonchev–Trinajstić information content (AvgIpc) is 2.74. The van der Waals surface area contributed by atoms with Crippen LogP contribution in [0.1, 0.15) is 23.4 Å². The van der Waals surface area contributed by atoms with Crippen molar-refractivity contribution in [1.82, 2.24) is 5.32 Å². The second kappa shape index (κ2) is 6.31. The molecule has 90 valence electrons. The van der Waals surface area contributed by atoms with Crippen LogP contribution in [0.2, 0.25) is 0 Å². The molecule has 0 aliphatic rings. The summed E-state index contributed by atoms with van der Waals surface area (Å²) in [6.07, 6.45) is 0. The molecule has 4 heteroatoms. The van der Waals surface area contributed by atoms with Crippen LogP contribution in [-0.4, -0.2) is 6.54 Å². The molecule has 0 fully saturated rings. The molecule has 2 rings (SSSR count). The first kappa shape index (κ1) is 13.5. The second-order valence-corrected chi connectivity index (χ2v) is 6.72.